The van der Waals surface area contributed by atoms with E-state index >= 15 is 0 Å². The second-order valence-corrected chi connectivity index (χ2v) is 5.28. The molecule has 4 nitrogen and oxygen atoms in total. The number of nitrogens with zero attached hydrogens (tertiary/aromatic N) is 1. The second kappa shape index (κ2) is 6.87. The SMILES string of the molecule is O=C(CC[C@@H](O)CCl)c1ccnc(NC2CCC2)c1. The number of rotatable bonds is 7. The number of aliphatic hydroxyl groups is 1. The molecule has 1 saturated carbocycles. The fraction of sp³-hybridized carbons (Fsp3) is 0.571. The molecule has 0 aliphatic heterocycles. The van der Waals surface area contributed by atoms with Gasteiger partial charge in [0.05, 0.1) is 6.10 Å². The zero-order valence-electron chi connectivity index (χ0n) is 10.8. The molecule has 1 aromatic heterocycles. The Kier molecular flexibility index (Phi) is 5.16. The molecular weight excluding hydrogens is 264 g/mol. The number of anilines is 1. The normalized spacial score (nSPS) is 16.7. The van der Waals surface area contributed by atoms with Crippen molar-refractivity contribution in [2.24, 2.45) is 0 Å². The van der Waals surface area contributed by atoms with E-state index in [0.717, 1.165) is 5.82 Å². The lowest BCUT2D eigenvalue weighted by Crippen LogP contribution is -2.27. The molecule has 0 amide bonds. The van der Waals surface area contributed by atoms with E-state index in [9.17, 15) is 9.90 Å². The van der Waals surface area contributed by atoms with E-state index in [0.29, 0.717) is 24.4 Å². The summed E-state index contributed by atoms with van der Waals surface area (Å²) in [6, 6.07) is 3.99. The molecule has 0 spiro atoms. The van der Waals surface area contributed by atoms with Crippen LogP contribution in [0, 0.1) is 0 Å². The Balaban J connectivity index is 1.91. The van der Waals surface area contributed by atoms with Crippen LogP contribution in [0.5, 0.6) is 0 Å². The molecule has 0 saturated heterocycles. The maximum absolute atomic E-state index is 12.0. The maximum Gasteiger partial charge on any atom is 0.163 e. The number of Topliss-reactive ketones (excluding diaryl/α,β-unsaturated/α-hetero) is 1. The molecule has 0 unspecified atom stereocenters. The summed E-state index contributed by atoms with van der Waals surface area (Å²) in [6.07, 6.45) is 5.33. The van der Waals surface area contributed by atoms with E-state index in [2.05, 4.69) is 10.3 Å². The number of aromatic nitrogens is 1. The van der Waals surface area contributed by atoms with E-state index in [1.54, 1.807) is 18.3 Å². The van der Waals surface area contributed by atoms with Crippen molar-refractivity contribution in [3.8, 4) is 0 Å². The molecular formula is C14H19ClN2O2. The minimum absolute atomic E-state index is 0.0169. The zero-order chi connectivity index (χ0) is 13.7. The molecule has 0 bridgehead atoms. The highest BCUT2D eigenvalue weighted by Gasteiger charge is 2.18. The van der Waals surface area contributed by atoms with Crippen LogP contribution in [0.2, 0.25) is 0 Å². The van der Waals surface area contributed by atoms with Crippen molar-refractivity contribution < 1.29 is 9.90 Å². The van der Waals surface area contributed by atoms with Crippen LogP contribution < -0.4 is 5.32 Å². The Morgan fingerprint density at radius 3 is 3.00 bits per heavy atom. The first-order chi connectivity index (χ1) is 9.19. The molecule has 19 heavy (non-hydrogen) atoms. The molecule has 0 aromatic carbocycles. The van der Waals surface area contributed by atoms with Gasteiger partial charge >= 0.3 is 0 Å². The number of carbonyl (C=O) groups excluding carboxylic acids is 1. The quantitative estimate of drug-likeness (QED) is 0.596. The van der Waals surface area contributed by atoms with Gasteiger partial charge in [0.1, 0.15) is 5.82 Å². The van der Waals surface area contributed by atoms with Crippen LogP contribution in [0.1, 0.15) is 42.5 Å². The highest BCUT2D eigenvalue weighted by Crippen LogP contribution is 2.22. The standard InChI is InChI=1S/C14H19ClN2O2/c15-9-12(18)4-5-13(19)10-6-7-16-14(8-10)17-11-2-1-3-11/h6-8,11-12,18H,1-5,9H2,(H,16,17)/t12-/m1/s1. The topological polar surface area (TPSA) is 62.2 Å². The third-order valence-corrected chi connectivity index (χ3v) is 3.78. The molecule has 1 aromatic rings. The molecule has 1 heterocycles. The Morgan fingerprint density at radius 1 is 1.58 bits per heavy atom. The first-order valence-electron chi connectivity index (χ1n) is 6.69. The average molecular weight is 283 g/mol. The number of carbonyl (C=O) groups is 1. The van der Waals surface area contributed by atoms with Crippen LogP contribution in [0.4, 0.5) is 5.82 Å². The van der Waals surface area contributed by atoms with Gasteiger partial charge in [-0.1, -0.05) is 0 Å². The van der Waals surface area contributed by atoms with Crippen LogP contribution in [-0.2, 0) is 0 Å². The van der Waals surface area contributed by atoms with Crippen LogP contribution in [0.3, 0.4) is 0 Å². The number of halogens is 1. The predicted octanol–water partition coefficient (Wildman–Crippen LogP) is 2.61. The Bertz CT molecular complexity index is 435. The highest BCUT2D eigenvalue weighted by atomic mass is 35.5. The molecule has 104 valence electrons. The number of ketones is 1. The molecule has 0 radical (unpaired) electrons. The van der Waals surface area contributed by atoms with Gasteiger partial charge in [-0.3, -0.25) is 4.79 Å². The van der Waals surface area contributed by atoms with Crippen molar-refractivity contribution >= 4 is 23.2 Å². The first-order valence-corrected chi connectivity index (χ1v) is 7.22. The fourth-order valence-corrected chi connectivity index (χ4v) is 2.12. The van der Waals surface area contributed by atoms with E-state index < -0.39 is 6.10 Å². The summed E-state index contributed by atoms with van der Waals surface area (Å²) in [5.74, 6) is 0.939. The summed E-state index contributed by atoms with van der Waals surface area (Å²) in [6.45, 7) is 0. The van der Waals surface area contributed by atoms with Gasteiger partial charge in [-0.05, 0) is 37.8 Å². The summed E-state index contributed by atoms with van der Waals surface area (Å²) >= 11 is 5.51. The number of aliphatic hydroxyl groups excluding tert-OH is 1. The minimum Gasteiger partial charge on any atom is -0.392 e. The summed E-state index contributed by atoms with van der Waals surface area (Å²) < 4.78 is 0. The van der Waals surface area contributed by atoms with Gasteiger partial charge in [-0.2, -0.15) is 0 Å². The second-order valence-electron chi connectivity index (χ2n) is 4.97. The third kappa shape index (κ3) is 4.18. The number of alkyl halides is 1. The third-order valence-electron chi connectivity index (χ3n) is 3.42. The average Bonchev–Trinajstić information content (AvgIpc) is 2.40. The lowest BCUT2D eigenvalue weighted by Gasteiger charge is -2.26. The van der Waals surface area contributed by atoms with Gasteiger partial charge in [0.15, 0.2) is 5.78 Å². The number of nitrogens with one attached hydrogen (secondary N) is 1. The van der Waals surface area contributed by atoms with Crippen molar-refractivity contribution in [2.45, 2.75) is 44.2 Å². The predicted molar refractivity (Wildman–Crippen MR) is 75.8 cm³/mol. The van der Waals surface area contributed by atoms with Crippen molar-refractivity contribution in [3.05, 3.63) is 23.9 Å². The van der Waals surface area contributed by atoms with E-state index in [4.69, 9.17) is 11.6 Å². The van der Waals surface area contributed by atoms with Crippen LogP contribution in [0.15, 0.2) is 18.3 Å². The molecule has 2 N–H and O–H groups in total. The van der Waals surface area contributed by atoms with Gasteiger partial charge in [-0.25, -0.2) is 4.98 Å². The lowest BCUT2D eigenvalue weighted by molar-refractivity contribution is 0.0951. The molecule has 1 fully saturated rings. The summed E-state index contributed by atoms with van der Waals surface area (Å²) in [4.78, 5) is 16.2. The van der Waals surface area contributed by atoms with E-state index in [1.165, 1.54) is 19.3 Å². The molecule has 1 atom stereocenters. The minimum atomic E-state index is -0.611. The fourth-order valence-electron chi connectivity index (χ4n) is 1.96. The first kappa shape index (κ1) is 14.3. The van der Waals surface area contributed by atoms with Gasteiger partial charge in [0.25, 0.3) is 0 Å². The Labute approximate surface area is 118 Å². The maximum atomic E-state index is 12.0. The monoisotopic (exact) mass is 282 g/mol. The van der Waals surface area contributed by atoms with Crippen molar-refractivity contribution in [3.63, 3.8) is 0 Å². The molecule has 1 aliphatic rings. The van der Waals surface area contributed by atoms with E-state index in [-0.39, 0.29) is 11.7 Å². The van der Waals surface area contributed by atoms with Gasteiger partial charge in [-0.15, -0.1) is 11.6 Å². The smallest absolute Gasteiger partial charge is 0.163 e. The summed E-state index contributed by atoms with van der Waals surface area (Å²) in [5.41, 5.74) is 0.638. The molecule has 5 heteroatoms. The molecule has 2 rings (SSSR count). The largest absolute Gasteiger partial charge is 0.392 e. The van der Waals surface area contributed by atoms with E-state index in [1.807, 2.05) is 0 Å². The Hall–Kier alpha value is -1.13. The number of pyridine rings is 1. The van der Waals surface area contributed by atoms with Crippen LogP contribution in [0.25, 0.3) is 0 Å². The van der Waals surface area contributed by atoms with Gasteiger partial charge < -0.3 is 10.4 Å². The van der Waals surface area contributed by atoms with Crippen molar-refractivity contribution in [2.75, 3.05) is 11.2 Å². The van der Waals surface area contributed by atoms with Gasteiger partial charge in [0.2, 0.25) is 0 Å². The van der Waals surface area contributed by atoms with Gasteiger partial charge in [0, 0.05) is 30.1 Å². The van der Waals surface area contributed by atoms with Crippen molar-refractivity contribution in [1.82, 2.24) is 4.98 Å². The lowest BCUT2D eigenvalue weighted by atomic mass is 9.93. The molecule has 1 aliphatic carbocycles. The van der Waals surface area contributed by atoms with Crippen molar-refractivity contribution in [1.29, 1.82) is 0 Å². The van der Waals surface area contributed by atoms with Crippen LogP contribution in [-0.4, -0.2) is 33.9 Å². The Morgan fingerprint density at radius 2 is 2.37 bits per heavy atom. The zero-order valence-corrected chi connectivity index (χ0v) is 11.6. The number of hydrogen-bond donors (Lipinski definition) is 2. The number of hydrogen-bond acceptors (Lipinski definition) is 4. The van der Waals surface area contributed by atoms with Crippen LogP contribution >= 0.6 is 11.6 Å². The highest BCUT2D eigenvalue weighted by molar-refractivity contribution is 6.18. The summed E-state index contributed by atoms with van der Waals surface area (Å²) in [7, 11) is 0. The summed E-state index contributed by atoms with van der Waals surface area (Å²) in [5, 5.41) is 12.7.